The second-order valence-corrected chi connectivity index (χ2v) is 6.01. The number of benzene rings is 2. The number of aromatic hydroxyl groups is 1. The number of rotatable bonds is 6. The zero-order valence-corrected chi connectivity index (χ0v) is 13.3. The van der Waals surface area contributed by atoms with Crippen LogP contribution in [0.5, 0.6) is 5.75 Å². The van der Waals surface area contributed by atoms with Crippen molar-refractivity contribution < 1.29 is 9.90 Å². The van der Waals surface area contributed by atoms with Crippen LogP contribution in [0.2, 0.25) is 5.02 Å². The van der Waals surface area contributed by atoms with Crippen molar-refractivity contribution in [1.82, 2.24) is 5.43 Å². The highest BCUT2D eigenvalue weighted by Gasteiger charge is 2.01. The van der Waals surface area contributed by atoms with E-state index in [-0.39, 0.29) is 11.7 Å². The Balaban J connectivity index is 1.72. The monoisotopic (exact) mass is 334 g/mol. The van der Waals surface area contributed by atoms with Gasteiger partial charge in [0.2, 0.25) is 5.91 Å². The lowest BCUT2D eigenvalue weighted by Crippen LogP contribution is -2.17. The first kappa shape index (κ1) is 16.4. The minimum Gasteiger partial charge on any atom is -0.507 e. The number of carbonyl (C=O) groups is 1. The molecule has 0 aliphatic rings. The van der Waals surface area contributed by atoms with Crippen molar-refractivity contribution in [2.45, 2.75) is 11.3 Å². The van der Waals surface area contributed by atoms with Crippen LogP contribution in [0.1, 0.15) is 12.0 Å². The minimum absolute atomic E-state index is 0.124. The van der Waals surface area contributed by atoms with Crippen molar-refractivity contribution in [1.29, 1.82) is 0 Å². The average Bonchev–Trinajstić information content (AvgIpc) is 2.51. The largest absolute Gasteiger partial charge is 0.507 e. The molecule has 0 fully saturated rings. The van der Waals surface area contributed by atoms with Gasteiger partial charge >= 0.3 is 0 Å². The molecule has 2 N–H and O–H groups in total. The number of hydrogen-bond acceptors (Lipinski definition) is 4. The lowest BCUT2D eigenvalue weighted by Gasteiger charge is -2.02. The summed E-state index contributed by atoms with van der Waals surface area (Å²) in [7, 11) is 0. The van der Waals surface area contributed by atoms with Crippen LogP contribution in [0.15, 0.2) is 58.5 Å². The summed E-state index contributed by atoms with van der Waals surface area (Å²) in [6.45, 7) is 0. The Morgan fingerprint density at radius 3 is 2.68 bits per heavy atom. The normalized spacial score (nSPS) is 10.8. The molecular weight excluding hydrogens is 320 g/mol. The van der Waals surface area contributed by atoms with Crippen molar-refractivity contribution in [3.63, 3.8) is 0 Å². The topological polar surface area (TPSA) is 61.7 Å². The van der Waals surface area contributed by atoms with Gasteiger partial charge in [-0.25, -0.2) is 5.43 Å². The Kier molecular flexibility index (Phi) is 6.30. The molecule has 2 aromatic rings. The highest BCUT2D eigenvalue weighted by Crippen LogP contribution is 2.20. The Morgan fingerprint density at radius 2 is 1.95 bits per heavy atom. The van der Waals surface area contributed by atoms with Crippen molar-refractivity contribution in [2.24, 2.45) is 5.10 Å². The van der Waals surface area contributed by atoms with Crippen molar-refractivity contribution in [3.05, 3.63) is 59.1 Å². The number of nitrogens with one attached hydrogen (secondary N) is 1. The quantitative estimate of drug-likeness (QED) is 0.481. The molecule has 0 saturated carbocycles. The van der Waals surface area contributed by atoms with Gasteiger partial charge in [0.1, 0.15) is 5.75 Å². The number of amides is 1. The third kappa shape index (κ3) is 5.42. The second kappa shape index (κ2) is 8.46. The fourth-order valence-electron chi connectivity index (χ4n) is 1.62. The van der Waals surface area contributed by atoms with Gasteiger partial charge < -0.3 is 5.11 Å². The molecule has 2 aromatic carbocycles. The van der Waals surface area contributed by atoms with Crippen molar-refractivity contribution >= 4 is 35.5 Å². The van der Waals surface area contributed by atoms with Gasteiger partial charge in [0, 0.05) is 27.7 Å². The minimum atomic E-state index is -0.173. The molecule has 114 valence electrons. The first-order chi connectivity index (χ1) is 10.6. The standard InChI is InChI=1S/C16H15ClN2O2S/c17-13-5-7-14(8-6-13)22-10-9-16(21)19-18-11-12-3-1-2-4-15(12)20/h1-8,11,20H,9-10H2,(H,19,21)/b18-11+. The summed E-state index contributed by atoms with van der Waals surface area (Å²) in [5, 5.41) is 14.1. The summed E-state index contributed by atoms with van der Waals surface area (Å²) >= 11 is 7.39. The van der Waals surface area contributed by atoms with E-state index in [1.165, 1.54) is 6.21 Å². The van der Waals surface area contributed by atoms with E-state index in [1.54, 1.807) is 36.0 Å². The molecule has 0 radical (unpaired) electrons. The number of halogens is 1. The summed E-state index contributed by atoms with van der Waals surface area (Å²) in [6.07, 6.45) is 1.77. The van der Waals surface area contributed by atoms with E-state index in [1.807, 2.05) is 24.3 Å². The molecule has 1 amide bonds. The van der Waals surface area contributed by atoms with Crippen LogP contribution in [-0.2, 0) is 4.79 Å². The van der Waals surface area contributed by atoms with E-state index in [4.69, 9.17) is 11.6 Å². The highest BCUT2D eigenvalue weighted by molar-refractivity contribution is 7.99. The molecular formula is C16H15ClN2O2S. The van der Waals surface area contributed by atoms with Gasteiger partial charge in [0.25, 0.3) is 0 Å². The zero-order valence-electron chi connectivity index (χ0n) is 11.7. The molecule has 0 saturated heterocycles. The van der Waals surface area contributed by atoms with E-state index >= 15 is 0 Å². The van der Waals surface area contributed by atoms with Gasteiger partial charge in [-0.1, -0.05) is 23.7 Å². The number of phenols is 1. The van der Waals surface area contributed by atoms with E-state index in [2.05, 4.69) is 10.5 Å². The van der Waals surface area contributed by atoms with Gasteiger partial charge in [-0.2, -0.15) is 5.10 Å². The fraction of sp³-hybridized carbons (Fsp3) is 0.125. The maximum absolute atomic E-state index is 11.6. The summed E-state index contributed by atoms with van der Waals surface area (Å²) in [6, 6.07) is 14.3. The molecule has 0 aromatic heterocycles. The number of nitrogens with zero attached hydrogens (tertiary/aromatic N) is 1. The maximum atomic E-state index is 11.6. The average molecular weight is 335 g/mol. The number of carbonyl (C=O) groups excluding carboxylic acids is 1. The van der Waals surface area contributed by atoms with Crippen LogP contribution in [0.3, 0.4) is 0 Å². The van der Waals surface area contributed by atoms with Crippen molar-refractivity contribution in [3.8, 4) is 5.75 Å². The molecule has 6 heteroatoms. The lowest BCUT2D eigenvalue weighted by molar-refractivity contribution is -0.120. The number of para-hydroxylation sites is 1. The molecule has 0 bridgehead atoms. The molecule has 4 nitrogen and oxygen atoms in total. The SMILES string of the molecule is O=C(CCSc1ccc(Cl)cc1)N/N=C/c1ccccc1O. The molecule has 0 spiro atoms. The Labute approximate surface area is 138 Å². The summed E-state index contributed by atoms with van der Waals surface area (Å²) in [4.78, 5) is 12.7. The van der Waals surface area contributed by atoms with E-state index in [9.17, 15) is 9.90 Å². The molecule has 0 aliphatic carbocycles. The highest BCUT2D eigenvalue weighted by atomic mass is 35.5. The van der Waals surface area contributed by atoms with Crippen LogP contribution in [0.25, 0.3) is 0 Å². The third-order valence-corrected chi connectivity index (χ3v) is 4.01. The van der Waals surface area contributed by atoms with Gasteiger partial charge in [-0.15, -0.1) is 11.8 Å². The number of hydrogen-bond donors (Lipinski definition) is 2. The van der Waals surface area contributed by atoms with Gasteiger partial charge in [0.05, 0.1) is 6.21 Å². The number of thioether (sulfide) groups is 1. The predicted molar refractivity (Wildman–Crippen MR) is 90.6 cm³/mol. The molecule has 2 rings (SSSR count). The summed E-state index contributed by atoms with van der Waals surface area (Å²) in [5.74, 6) is 0.603. The summed E-state index contributed by atoms with van der Waals surface area (Å²) < 4.78 is 0. The number of phenolic OH excluding ortho intramolecular Hbond substituents is 1. The van der Waals surface area contributed by atoms with E-state index < -0.39 is 0 Å². The van der Waals surface area contributed by atoms with Gasteiger partial charge in [-0.3, -0.25) is 4.79 Å². The van der Waals surface area contributed by atoms with Crippen LogP contribution in [0, 0.1) is 0 Å². The fourth-order valence-corrected chi connectivity index (χ4v) is 2.60. The predicted octanol–water partition coefficient (Wildman–Crippen LogP) is 3.68. The molecule has 0 unspecified atom stereocenters. The smallest absolute Gasteiger partial charge is 0.240 e. The first-order valence-corrected chi connectivity index (χ1v) is 8.00. The van der Waals surface area contributed by atoms with Crippen molar-refractivity contribution in [2.75, 3.05) is 5.75 Å². The summed E-state index contributed by atoms with van der Waals surface area (Å²) in [5.41, 5.74) is 2.99. The lowest BCUT2D eigenvalue weighted by atomic mass is 10.2. The Morgan fingerprint density at radius 1 is 1.23 bits per heavy atom. The molecule has 0 atom stereocenters. The second-order valence-electron chi connectivity index (χ2n) is 4.40. The van der Waals surface area contributed by atoms with Gasteiger partial charge in [-0.05, 0) is 36.4 Å². The van der Waals surface area contributed by atoms with Crippen LogP contribution >= 0.6 is 23.4 Å². The molecule has 22 heavy (non-hydrogen) atoms. The van der Waals surface area contributed by atoms with E-state index in [0.717, 1.165) is 4.90 Å². The van der Waals surface area contributed by atoms with Crippen LogP contribution in [0.4, 0.5) is 0 Å². The number of hydrazone groups is 1. The third-order valence-electron chi connectivity index (χ3n) is 2.74. The Bertz CT molecular complexity index is 659. The van der Waals surface area contributed by atoms with E-state index in [0.29, 0.717) is 22.8 Å². The van der Waals surface area contributed by atoms with Gasteiger partial charge in [0.15, 0.2) is 0 Å². The first-order valence-electron chi connectivity index (χ1n) is 6.63. The molecule has 0 aliphatic heterocycles. The molecule has 0 heterocycles. The zero-order chi connectivity index (χ0) is 15.8. The Hall–Kier alpha value is -1.98. The van der Waals surface area contributed by atoms with Crippen LogP contribution in [-0.4, -0.2) is 23.0 Å². The van der Waals surface area contributed by atoms with Crippen LogP contribution < -0.4 is 5.43 Å². The maximum Gasteiger partial charge on any atom is 0.240 e.